The normalized spacial score (nSPS) is 13.9. The largest absolute Gasteiger partial charge is 0.490 e. The number of halogens is 1. The molecule has 3 heteroatoms. The zero-order valence-electron chi connectivity index (χ0n) is 14.1. The highest BCUT2D eigenvalue weighted by Gasteiger charge is 2.16. The van der Waals surface area contributed by atoms with Crippen molar-refractivity contribution in [3.63, 3.8) is 0 Å². The van der Waals surface area contributed by atoms with Gasteiger partial charge in [0.15, 0.2) is 0 Å². The molecule has 2 aromatic carbocycles. The fourth-order valence-electron chi connectivity index (χ4n) is 2.52. The summed E-state index contributed by atoms with van der Waals surface area (Å²) in [5.74, 6) is 0.987. The first-order valence-corrected chi connectivity index (χ1v) is 9.98. The van der Waals surface area contributed by atoms with Crippen molar-refractivity contribution in [2.24, 2.45) is 0 Å². The molecule has 0 saturated heterocycles. The maximum absolute atomic E-state index is 6.01. The molecule has 0 atom stereocenters. The van der Waals surface area contributed by atoms with E-state index in [2.05, 4.69) is 30.3 Å². The number of hydrogen-bond acceptors (Lipinski definition) is 2. The van der Waals surface area contributed by atoms with Crippen LogP contribution >= 0.6 is 21.7 Å². The molecule has 0 N–H and O–H groups in total. The first-order chi connectivity index (χ1) is 10.8. The molecule has 0 amide bonds. The van der Waals surface area contributed by atoms with Gasteiger partial charge < -0.3 is 4.74 Å². The van der Waals surface area contributed by atoms with Crippen LogP contribution in [0.1, 0.15) is 53.4 Å². The standard InChI is InChI=1S/C15H15ClOS.2C2H6/c16-18-15-8-6-11-9-14(7-5-12(11)10-15)17-13-3-1-2-4-13;2*1-2/h5-10,13H,1-4H2;2*1-2H3. The van der Waals surface area contributed by atoms with E-state index in [1.807, 2.05) is 33.8 Å². The molecule has 0 radical (unpaired) electrons. The van der Waals surface area contributed by atoms with E-state index in [0.717, 1.165) is 10.6 Å². The van der Waals surface area contributed by atoms with Crippen molar-refractivity contribution in [1.82, 2.24) is 0 Å². The average Bonchev–Trinajstić information content (AvgIpc) is 3.11. The maximum Gasteiger partial charge on any atom is 0.120 e. The van der Waals surface area contributed by atoms with Crippen LogP contribution < -0.4 is 4.74 Å². The summed E-state index contributed by atoms with van der Waals surface area (Å²) in [6.07, 6.45) is 5.41. The van der Waals surface area contributed by atoms with Gasteiger partial charge in [0.05, 0.1) is 6.10 Å². The van der Waals surface area contributed by atoms with Crippen LogP contribution in [0.5, 0.6) is 5.75 Å². The van der Waals surface area contributed by atoms with Crippen molar-refractivity contribution in [2.45, 2.75) is 64.4 Å². The molecular formula is C19H27ClOS. The summed E-state index contributed by atoms with van der Waals surface area (Å²) >= 11 is 0. The van der Waals surface area contributed by atoms with Gasteiger partial charge in [-0.1, -0.05) is 39.8 Å². The van der Waals surface area contributed by atoms with Crippen LogP contribution in [0.2, 0.25) is 0 Å². The minimum Gasteiger partial charge on any atom is -0.490 e. The Morgan fingerprint density at radius 3 is 2.14 bits per heavy atom. The highest BCUT2D eigenvalue weighted by molar-refractivity contribution is 8.21. The van der Waals surface area contributed by atoms with Gasteiger partial charge in [-0.3, -0.25) is 0 Å². The van der Waals surface area contributed by atoms with Crippen LogP contribution in [-0.2, 0) is 0 Å². The van der Waals surface area contributed by atoms with Crippen molar-refractivity contribution in [2.75, 3.05) is 0 Å². The molecule has 1 aliphatic rings. The van der Waals surface area contributed by atoms with Gasteiger partial charge in [0.1, 0.15) is 5.75 Å². The van der Waals surface area contributed by atoms with E-state index < -0.39 is 0 Å². The summed E-state index contributed by atoms with van der Waals surface area (Å²) in [5, 5.41) is 2.42. The minimum absolute atomic E-state index is 0.417. The minimum atomic E-state index is 0.417. The van der Waals surface area contributed by atoms with E-state index in [-0.39, 0.29) is 0 Å². The summed E-state index contributed by atoms with van der Waals surface area (Å²) in [4.78, 5) is 1.08. The Kier molecular flexibility index (Phi) is 9.42. The molecule has 0 unspecified atom stereocenters. The third-order valence-corrected chi connectivity index (χ3v) is 4.44. The fraction of sp³-hybridized carbons (Fsp3) is 0.474. The first kappa shape index (κ1) is 19.2. The summed E-state index contributed by atoms with van der Waals surface area (Å²) in [7, 11) is 7.02. The Balaban J connectivity index is 0.000000561. The van der Waals surface area contributed by atoms with E-state index >= 15 is 0 Å². The summed E-state index contributed by atoms with van der Waals surface area (Å²) in [6, 6.07) is 12.5. The molecule has 1 fully saturated rings. The van der Waals surface area contributed by atoms with Gasteiger partial charge in [0.2, 0.25) is 0 Å². The molecular weight excluding hydrogens is 312 g/mol. The van der Waals surface area contributed by atoms with Gasteiger partial charge in [0, 0.05) is 4.90 Å². The Morgan fingerprint density at radius 2 is 1.50 bits per heavy atom. The molecule has 122 valence electrons. The zero-order chi connectivity index (χ0) is 16.4. The monoisotopic (exact) mass is 338 g/mol. The van der Waals surface area contributed by atoms with E-state index in [1.54, 1.807) is 0 Å². The highest BCUT2D eigenvalue weighted by Crippen LogP contribution is 2.30. The zero-order valence-corrected chi connectivity index (χ0v) is 15.6. The Bertz CT molecular complexity index is 550. The molecule has 1 nitrogen and oxygen atoms in total. The van der Waals surface area contributed by atoms with Crippen LogP contribution in [-0.4, -0.2) is 6.10 Å². The lowest BCUT2D eigenvalue weighted by Crippen LogP contribution is -2.10. The van der Waals surface area contributed by atoms with E-state index in [9.17, 15) is 0 Å². The Hall–Kier alpha value is -0.860. The van der Waals surface area contributed by atoms with Crippen LogP contribution in [0.25, 0.3) is 10.8 Å². The molecule has 1 aliphatic carbocycles. The van der Waals surface area contributed by atoms with Crippen LogP contribution in [0.15, 0.2) is 41.3 Å². The summed E-state index contributed by atoms with van der Waals surface area (Å²) in [5.41, 5.74) is 0. The predicted octanol–water partition coefficient (Wildman–Crippen LogP) is 7.46. The fourth-order valence-corrected chi connectivity index (χ4v) is 3.10. The molecule has 0 bridgehead atoms. The van der Waals surface area contributed by atoms with Gasteiger partial charge in [-0.2, -0.15) is 0 Å². The number of rotatable bonds is 3. The molecule has 0 aromatic heterocycles. The second kappa shape index (κ2) is 10.8. The topological polar surface area (TPSA) is 9.23 Å². The molecule has 3 rings (SSSR count). The number of fused-ring (bicyclic) bond motifs is 1. The lowest BCUT2D eigenvalue weighted by atomic mass is 10.1. The Morgan fingerprint density at radius 1 is 0.909 bits per heavy atom. The maximum atomic E-state index is 6.01. The van der Waals surface area contributed by atoms with Crippen molar-refractivity contribution in [1.29, 1.82) is 0 Å². The second-order valence-electron chi connectivity index (χ2n) is 4.77. The number of benzene rings is 2. The molecule has 2 aromatic rings. The first-order valence-electron chi connectivity index (χ1n) is 8.34. The summed E-state index contributed by atoms with van der Waals surface area (Å²) < 4.78 is 6.01. The average molecular weight is 339 g/mol. The molecule has 22 heavy (non-hydrogen) atoms. The van der Waals surface area contributed by atoms with Crippen molar-refractivity contribution < 1.29 is 4.74 Å². The van der Waals surface area contributed by atoms with E-state index in [4.69, 9.17) is 15.4 Å². The highest BCUT2D eigenvalue weighted by atomic mass is 35.7. The van der Waals surface area contributed by atoms with Gasteiger partial charge >= 0.3 is 0 Å². The van der Waals surface area contributed by atoms with E-state index in [0.29, 0.717) is 6.10 Å². The number of hydrogen-bond donors (Lipinski definition) is 0. The third-order valence-electron chi connectivity index (χ3n) is 3.48. The lowest BCUT2D eigenvalue weighted by molar-refractivity contribution is 0.210. The summed E-state index contributed by atoms with van der Waals surface area (Å²) in [6.45, 7) is 8.00. The van der Waals surface area contributed by atoms with Crippen LogP contribution in [0.3, 0.4) is 0 Å². The van der Waals surface area contributed by atoms with Gasteiger partial charge in [-0.15, -0.1) is 0 Å². The SMILES string of the molecule is CC.CC.ClSc1ccc2cc(OC3CCCC3)ccc2c1. The van der Waals surface area contributed by atoms with Crippen molar-refractivity contribution in [3.05, 3.63) is 36.4 Å². The lowest BCUT2D eigenvalue weighted by Gasteiger charge is -2.13. The van der Waals surface area contributed by atoms with Crippen molar-refractivity contribution >= 4 is 32.4 Å². The Labute approximate surface area is 143 Å². The molecule has 1 saturated carbocycles. The third kappa shape index (κ3) is 5.40. The van der Waals surface area contributed by atoms with Crippen LogP contribution in [0, 0.1) is 0 Å². The molecule has 0 heterocycles. The quantitative estimate of drug-likeness (QED) is 0.574. The van der Waals surface area contributed by atoms with Crippen molar-refractivity contribution in [3.8, 4) is 5.75 Å². The van der Waals surface area contributed by atoms with Crippen LogP contribution in [0.4, 0.5) is 0 Å². The second-order valence-corrected chi connectivity index (χ2v) is 5.86. The number of ether oxygens (including phenoxy) is 1. The molecule has 0 aliphatic heterocycles. The predicted molar refractivity (Wildman–Crippen MR) is 101 cm³/mol. The molecule has 0 spiro atoms. The van der Waals surface area contributed by atoms with Gasteiger partial charge in [-0.25, -0.2) is 0 Å². The van der Waals surface area contributed by atoms with E-state index in [1.165, 1.54) is 47.4 Å². The van der Waals surface area contributed by atoms with Gasteiger partial charge in [0.25, 0.3) is 0 Å². The smallest absolute Gasteiger partial charge is 0.120 e. The van der Waals surface area contributed by atoms with Gasteiger partial charge in [-0.05, 0) is 82.4 Å².